The van der Waals surface area contributed by atoms with Gasteiger partial charge >= 0.3 is 0 Å². The molecule has 0 radical (unpaired) electrons. The van der Waals surface area contributed by atoms with E-state index in [0.29, 0.717) is 35.0 Å². The molecule has 0 amide bonds. The zero-order valence-corrected chi connectivity index (χ0v) is 18.6. The number of hydrogen-bond donors (Lipinski definition) is 1. The molecule has 3 aromatic rings. The number of fused-ring (bicyclic) bond motifs is 1. The normalized spacial score (nSPS) is 17.9. The van der Waals surface area contributed by atoms with Crippen LogP contribution in [0, 0.1) is 11.6 Å². The van der Waals surface area contributed by atoms with E-state index in [2.05, 4.69) is 30.9 Å². The van der Waals surface area contributed by atoms with Gasteiger partial charge in [0.25, 0.3) is 0 Å². The van der Waals surface area contributed by atoms with Crippen LogP contribution in [0.25, 0.3) is 22.3 Å². The lowest BCUT2D eigenvalue weighted by molar-refractivity contribution is 0.0227. The Morgan fingerprint density at radius 1 is 1.19 bits per heavy atom. The SMILES string of the molecule is N/C(=C(\C=N\C1CCCCO1)c1ccc2ncc(Br)cc2n1)c1cc(Cl)c(F)cc1F. The fourth-order valence-corrected chi connectivity index (χ4v) is 3.76. The minimum absolute atomic E-state index is 0.0355. The molecule has 1 aromatic carbocycles. The van der Waals surface area contributed by atoms with Crippen LogP contribution >= 0.6 is 27.5 Å². The summed E-state index contributed by atoms with van der Waals surface area (Å²) >= 11 is 9.26. The smallest absolute Gasteiger partial charge is 0.148 e. The summed E-state index contributed by atoms with van der Waals surface area (Å²) in [7, 11) is 0. The Labute approximate surface area is 191 Å². The molecule has 1 unspecified atom stereocenters. The highest BCUT2D eigenvalue weighted by molar-refractivity contribution is 9.10. The number of hydrogen-bond acceptors (Lipinski definition) is 5. The third-order valence-corrected chi connectivity index (χ3v) is 5.62. The zero-order chi connectivity index (χ0) is 22.0. The molecule has 3 heterocycles. The van der Waals surface area contributed by atoms with Gasteiger partial charge in [0.05, 0.1) is 27.4 Å². The summed E-state index contributed by atoms with van der Waals surface area (Å²) < 4.78 is 34.6. The Morgan fingerprint density at radius 3 is 2.81 bits per heavy atom. The van der Waals surface area contributed by atoms with E-state index in [1.54, 1.807) is 18.3 Å². The van der Waals surface area contributed by atoms with Crippen LogP contribution in [0.2, 0.25) is 5.02 Å². The molecular formula is C22H18BrClF2N4O. The number of nitrogens with two attached hydrogens (primary N) is 1. The summed E-state index contributed by atoms with van der Waals surface area (Å²) in [6.07, 6.45) is 5.67. The highest BCUT2D eigenvalue weighted by atomic mass is 79.9. The molecule has 1 saturated heterocycles. The molecule has 1 atom stereocenters. The van der Waals surface area contributed by atoms with E-state index in [9.17, 15) is 8.78 Å². The summed E-state index contributed by atoms with van der Waals surface area (Å²) in [6, 6.07) is 7.19. The summed E-state index contributed by atoms with van der Waals surface area (Å²) in [5, 5.41) is -0.231. The Bertz CT molecular complexity index is 1200. The molecule has 9 heteroatoms. The molecule has 31 heavy (non-hydrogen) atoms. The number of nitrogens with zero attached hydrogens (tertiary/aromatic N) is 3. The highest BCUT2D eigenvalue weighted by Crippen LogP contribution is 2.28. The van der Waals surface area contributed by atoms with Gasteiger partial charge in [-0.1, -0.05) is 11.6 Å². The van der Waals surface area contributed by atoms with Crippen molar-refractivity contribution in [3.05, 3.63) is 68.9 Å². The molecule has 1 fully saturated rings. The summed E-state index contributed by atoms with van der Waals surface area (Å²) in [6.45, 7) is 0.632. The number of pyridine rings is 2. The highest BCUT2D eigenvalue weighted by Gasteiger charge is 2.17. The molecule has 0 aliphatic carbocycles. The van der Waals surface area contributed by atoms with Crippen LogP contribution in [-0.4, -0.2) is 29.0 Å². The lowest BCUT2D eigenvalue weighted by atomic mass is 10.0. The second-order valence-corrected chi connectivity index (χ2v) is 8.38. The monoisotopic (exact) mass is 506 g/mol. The van der Waals surface area contributed by atoms with Crippen LogP contribution in [0.4, 0.5) is 8.78 Å². The van der Waals surface area contributed by atoms with Gasteiger partial charge in [0, 0.05) is 40.7 Å². The fraction of sp³-hybridized carbons (Fsp3) is 0.227. The standard InChI is InChI=1S/C22H18BrClF2N4O/c23-12-7-20-19(28-10-12)5-4-18(30-20)14(11-29-21-3-1-2-6-31-21)22(27)13-8-15(24)17(26)9-16(13)25/h4-5,7-11,21H,1-3,6,27H2/b22-14+,29-11+. The minimum Gasteiger partial charge on any atom is -0.398 e. The predicted octanol–water partition coefficient (Wildman–Crippen LogP) is 5.75. The van der Waals surface area contributed by atoms with E-state index < -0.39 is 11.6 Å². The molecule has 5 nitrogen and oxygen atoms in total. The van der Waals surface area contributed by atoms with E-state index >= 15 is 0 Å². The summed E-state index contributed by atoms with van der Waals surface area (Å²) in [5.74, 6) is -1.69. The topological polar surface area (TPSA) is 73.4 Å². The van der Waals surface area contributed by atoms with E-state index in [-0.39, 0.29) is 22.5 Å². The van der Waals surface area contributed by atoms with Crippen molar-refractivity contribution in [1.29, 1.82) is 0 Å². The van der Waals surface area contributed by atoms with Crippen molar-refractivity contribution >= 4 is 56.0 Å². The van der Waals surface area contributed by atoms with Gasteiger partial charge in [0.1, 0.15) is 17.9 Å². The number of allylic oxidation sites excluding steroid dienone is 1. The quantitative estimate of drug-likeness (QED) is 0.361. The zero-order valence-electron chi connectivity index (χ0n) is 16.3. The van der Waals surface area contributed by atoms with Crippen molar-refractivity contribution in [3.8, 4) is 0 Å². The molecule has 0 spiro atoms. The largest absolute Gasteiger partial charge is 0.398 e. The predicted molar refractivity (Wildman–Crippen MR) is 122 cm³/mol. The molecule has 4 rings (SSSR count). The molecule has 1 aliphatic heterocycles. The molecule has 2 aromatic heterocycles. The number of benzene rings is 1. The second-order valence-electron chi connectivity index (χ2n) is 7.06. The van der Waals surface area contributed by atoms with Gasteiger partial charge in [-0.25, -0.2) is 13.8 Å². The maximum Gasteiger partial charge on any atom is 0.148 e. The average Bonchev–Trinajstić information content (AvgIpc) is 2.76. The van der Waals surface area contributed by atoms with Gasteiger partial charge in [0.2, 0.25) is 0 Å². The van der Waals surface area contributed by atoms with Crippen LogP contribution in [0.15, 0.2) is 46.0 Å². The van der Waals surface area contributed by atoms with E-state index in [0.717, 1.165) is 29.8 Å². The third kappa shape index (κ3) is 4.92. The van der Waals surface area contributed by atoms with Gasteiger partial charge in [0.15, 0.2) is 0 Å². The van der Waals surface area contributed by atoms with Crippen molar-refractivity contribution in [2.24, 2.45) is 10.7 Å². The Kier molecular flexibility index (Phi) is 6.60. The Hall–Kier alpha value is -2.42. The number of aromatic nitrogens is 2. The first-order chi connectivity index (χ1) is 14.9. The van der Waals surface area contributed by atoms with Crippen molar-refractivity contribution in [1.82, 2.24) is 9.97 Å². The maximum absolute atomic E-state index is 14.5. The average molecular weight is 508 g/mol. The summed E-state index contributed by atoms with van der Waals surface area (Å²) in [5.41, 5.74) is 8.49. The van der Waals surface area contributed by atoms with Crippen molar-refractivity contribution < 1.29 is 13.5 Å². The van der Waals surface area contributed by atoms with Gasteiger partial charge in [-0.05, 0) is 59.5 Å². The molecule has 0 bridgehead atoms. The van der Waals surface area contributed by atoms with E-state index in [4.69, 9.17) is 22.1 Å². The first-order valence-electron chi connectivity index (χ1n) is 9.64. The van der Waals surface area contributed by atoms with Gasteiger partial charge in [-0.2, -0.15) is 0 Å². The molecule has 1 aliphatic rings. The molecule has 2 N–H and O–H groups in total. The van der Waals surface area contributed by atoms with Gasteiger partial charge < -0.3 is 10.5 Å². The fourth-order valence-electron chi connectivity index (χ4n) is 3.28. The van der Waals surface area contributed by atoms with E-state index in [1.165, 1.54) is 6.21 Å². The maximum atomic E-state index is 14.5. The Balaban J connectivity index is 1.85. The van der Waals surface area contributed by atoms with Crippen LogP contribution in [0.1, 0.15) is 30.5 Å². The third-order valence-electron chi connectivity index (χ3n) is 4.90. The van der Waals surface area contributed by atoms with Crippen LogP contribution in [-0.2, 0) is 4.74 Å². The lowest BCUT2D eigenvalue weighted by Gasteiger charge is -2.19. The second kappa shape index (κ2) is 9.38. The van der Waals surface area contributed by atoms with Crippen molar-refractivity contribution in [2.45, 2.75) is 25.5 Å². The summed E-state index contributed by atoms with van der Waals surface area (Å²) in [4.78, 5) is 13.4. The van der Waals surface area contributed by atoms with Crippen LogP contribution in [0.5, 0.6) is 0 Å². The molecular weight excluding hydrogens is 490 g/mol. The number of aliphatic imine (C=N–C) groups is 1. The Morgan fingerprint density at radius 2 is 2.03 bits per heavy atom. The van der Waals surface area contributed by atoms with Gasteiger partial charge in [-0.15, -0.1) is 0 Å². The van der Waals surface area contributed by atoms with Crippen LogP contribution in [0.3, 0.4) is 0 Å². The number of halogens is 4. The molecule has 0 saturated carbocycles. The first-order valence-corrected chi connectivity index (χ1v) is 10.8. The van der Waals surface area contributed by atoms with Gasteiger partial charge in [-0.3, -0.25) is 9.98 Å². The minimum atomic E-state index is -0.860. The van der Waals surface area contributed by atoms with Crippen LogP contribution < -0.4 is 5.73 Å². The van der Waals surface area contributed by atoms with Crippen molar-refractivity contribution in [3.63, 3.8) is 0 Å². The number of ether oxygens (including phenoxy) is 1. The van der Waals surface area contributed by atoms with E-state index in [1.807, 2.05) is 6.07 Å². The number of rotatable bonds is 4. The first kappa shape index (κ1) is 21.8. The van der Waals surface area contributed by atoms with Crippen molar-refractivity contribution in [2.75, 3.05) is 6.61 Å². The lowest BCUT2D eigenvalue weighted by Crippen LogP contribution is -2.17. The molecule has 160 valence electrons.